The van der Waals surface area contributed by atoms with Crippen molar-refractivity contribution in [1.29, 1.82) is 0 Å². The zero-order valence-corrected chi connectivity index (χ0v) is 12.1. The molecule has 1 atom stereocenters. The summed E-state index contributed by atoms with van der Waals surface area (Å²) >= 11 is 0. The van der Waals surface area contributed by atoms with E-state index in [1.54, 1.807) is 0 Å². The zero-order chi connectivity index (χ0) is 15.1. The van der Waals surface area contributed by atoms with Gasteiger partial charge in [0.05, 0.1) is 17.5 Å². The van der Waals surface area contributed by atoms with E-state index in [0.29, 0.717) is 12.1 Å². The molecule has 0 spiro atoms. The number of hydrogen-bond acceptors (Lipinski definition) is 5. The molecule has 1 aliphatic rings. The predicted octanol–water partition coefficient (Wildman–Crippen LogP) is -0.660. The molecule has 0 saturated carbocycles. The molecule has 0 bridgehead atoms. The van der Waals surface area contributed by atoms with Crippen molar-refractivity contribution in [3.63, 3.8) is 0 Å². The van der Waals surface area contributed by atoms with Crippen molar-refractivity contribution in [1.82, 2.24) is 14.1 Å². The molecule has 1 fully saturated rings. The number of carboxylic acids is 1. The molecule has 0 aliphatic carbocycles. The van der Waals surface area contributed by atoms with Crippen LogP contribution >= 0.6 is 0 Å². The average Bonchev–Trinajstić information content (AvgIpc) is 2.84. The molecule has 2 N–H and O–H groups in total. The van der Waals surface area contributed by atoms with E-state index in [0.717, 1.165) is 4.68 Å². The highest BCUT2D eigenvalue weighted by Gasteiger charge is 2.35. The van der Waals surface area contributed by atoms with Crippen molar-refractivity contribution in [2.75, 3.05) is 13.1 Å². The first-order valence-corrected chi connectivity index (χ1v) is 7.61. The van der Waals surface area contributed by atoms with Gasteiger partial charge < -0.3 is 10.2 Å². The van der Waals surface area contributed by atoms with Crippen molar-refractivity contribution >= 4 is 16.0 Å². The summed E-state index contributed by atoms with van der Waals surface area (Å²) in [7, 11) is -3.75. The third-order valence-corrected chi connectivity index (χ3v) is 5.44. The molecule has 0 aromatic carbocycles. The minimum Gasteiger partial charge on any atom is -0.480 e. The van der Waals surface area contributed by atoms with E-state index >= 15 is 0 Å². The predicted molar refractivity (Wildman–Crippen MR) is 68.7 cm³/mol. The topological polar surface area (TPSA) is 113 Å². The minimum absolute atomic E-state index is 0.0350. The van der Waals surface area contributed by atoms with Crippen LogP contribution in [-0.4, -0.2) is 57.9 Å². The molecule has 20 heavy (non-hydrogen) atoms. The monoisotopic (exact) mass is 303 g/mol. The van der Waals surface area contributed by atoms with Gasteiger partial charge in [-0.1, -0.05) is 0 Å². The van der Waals surface area contributed by atoms with Crippen LogP contribution in [0.5, 0.6) is 0 Å². The molecule has 8 nitrogen and oxygen atoms in total. The fourth-order valence-electron chi connectivity index (χ4n) is 2.39. The molecule has 1 saturated heterocycles. The zero-order valence-electron chi connectivity index (χ0n) is 11.3. The van der Waals surface area contributed by atoms with Crippen LogP contribution in [0.15, 0.2) is 4.90 Å². The Morgan fingerprint density at radius 3 is 2.60 bits per heavy atom. The molecule has 0 amide bonds. The smallest absolute Gasteiger partial charge is 0.325 e. The van der Waals surface area contributed by atoms with Crippen LogP contribution in [-0.2, 0) is 21.4 Å². The Labute approximate surface area is 116 Å². The van der Waals surface area contributed by atoms with Crippen molar-refractivity contribution in [2.45, 2.75) is 37.8 Å². The Hall–Kier alpha value is -1.45. The molecule has 1 aliphatic heterocycles. The van der Waals surface area contributed by atoms with E-state index in [1.807, 2.05) is 0 Å². The van der Waals surface area contributed by atoms with Gasteiger partial charge in [0.15, 0.2) is 0 Å². The number of aryl methyl sites for hydroxylation is 1. The molecule has 2 heterocycles. The number of sulfonamides is 1. The fraction of sp³-hybridized carbons (Fsp3) is 0.636. The maximum atomic E-state index is 12.5. The Morgan fingerprint density at radius 2 is 2.10 bits per heavy atom. The van der Waals surface area contributed by atoms with E-state index in [2.05, 4.69) is 5.10 Å². The third kappa shape index (κ3) is 2.56. The Kier molecular flexibility index (Phi) is 3.85. The normalized spacial score (nSPS) is 20.4. The summed E-state index contributed by atoms with van der Waals surface area (Å²) in [4.78, 5) is 10.8. The van der Waals surface area contributed by atoms with Gasteiger partial charge in [-0.15, -0.1) is 0 Å². The van der Waals surface area contributed by atoms with E-state index in [1.165, 1.54) is 18.2 Å². The van der Waals surface area contributed by atoms with Gasteiger partial charge >= 0.3 is 5.97 Å². The number of aliphatic carboxylic acids is 1. The van der Waals surface area contributed by atoms with Crippen LogP contribution < -0.4 is 0 Å². The summed E-state index contributed by atoms with van der Waals surface area (Å²) in [5.74, 6) is -1.09. The lowest BCUT2D eigenvalue weighted by molar-refractivity contribution is -0.137. The van der Waals surface area contributed by atoms with Crippen LogP contribution in [0, 0.1) is 13.8 Å². The number of aliphatic hydroxyl groups is 1. The van der Waals surface area contributed by atoms with Gasteiger partial charge in [-0.2, -0.15) is 9.40 Å². The second-order valence-corrected chi connectivity index (χ2v) is 6.73. The largest absolute Gasteiger partial charge is 0.480 e. The Morgan fingerprint density at radius 1 is 1.45 bits per heavy atom. The molecule has 1 aromatic heterocycles. The van der Waals surface area contributed by atoms with E-state index in [9.17, 15) is 18.3 Å². The second kappa shape index (κ2) is 5.15. The SMILES string of the molecule is Cc1nn(CC(=O)O)c(C)c1S(=O)(=O)N1CCC(O)C1. The Balaban J connectivity index is 2.42. The highest BCUT2D eigenvalue weighted by atomic mass is 32.2. The molecule has 112 valence electrons. The quantitative estimate of drug-likeness (QED) is 0.763. The summed E-state index contributed by atoms with van der Waals surface area (Å²) in [5.41, 5.74) is 0.566. The first kappa shape index (κ1) is 14.9. The van der Waals surface area contributed by atoms with Crippen molar-refractivity contribution in [2.24, 2.45) is 0 Å². The van der Waals surface area contributed by atoms with Crippen molar-refractivity contribution in [3.8, 4) is 0 Å². The fourth-order valence-corrected chi connectivity index (χ4v) is 4.26. The number of aromatic nitrogens is 2. The van der Waals surface area contributed by atoms with Gasteiger partial charge in [0, 0.05) is 13.1 Å². The summed E-state index contributed by atoms with van der Waals surface area (Å²) in [6.45, 7) is 3.00. The van der Waals surface area contributed by atoms with Crippen LogP contribution in [0.1, 0.15) is 17.8 Å². The maximum Gasteiger partial charge on any atom is 0.325 e. The van der Waals surface area contributed by atoms with Crippen LogP contribution in [0.2, 0.25) is 0 Å². The van der Waals surface area contributed by atoms with E-state index in [4.69, 9.17) is 5.11 Å². The molecule has 1 aromatic rings. The summed E-state index contributed by atoms with van der Waals surface area (Å²) in [6, 6.07) is 0. The molecular formula is C11H17N3O5S. The lowest BCUT2D eigenvalue weighted by Crippen LogP contribution is -2.30. The van der Waals surface area contributed by atoms with Gasteiger partial charge in [0.25, 0.3) is 0 Å². The number of carbonyl (C=O) groups is 1. The molecule has 1 unspecified atom stereocenters. The van der Waals surface area contributed by atoms with Crippen LogP contribution in [0.25, 0.3) is 0 Å². The first-order valence-electron chi connectivity index (χ1n) is 6.17. The van der Waals surface area contributed by atoms with Crippen molar-refractivity contribution < 1.29 is 23.4 Å². The number of carboxylic acid groups (broad SMARTS) is 1. The van der Waals surface area contributed by atoms with Gasteiger partial charge in [0.2, 0.25) is 10.0 Å². The average molecular weight is 303 g/mol. The molecule has 0 radical (unpaired) electrons. The number of nitrogens with zero attached hydrogens (tertiary/aromatic N) is 3. The van der Waals surface area contributed by atoms with Gasteiger partial charge in [-0.25, -0.2) is 8.42 Å². The standard InChI is InChI=1S/C11H17N3O5S/c1-7-11(8(2)14(12-7)6-10(16)17)20(18,19)13-4-3-9(15)5-13/h9,15H,3-6H2,1-2H3,(H,16,17). The van der Waals surface area contributed by atoms with Crippen LogP contribution in [0.4, 0.5) is 0 Å². The summed E-state index contributed by atoms with van der Waals surface area (Å²) in [6.07, 6.45) is -0.250. The third-order valence-electron chi connectivity index (χ3n) is 3.32. The maximum absolute atomic E-state index is 12.5. The van der Waals surface area contributed by atoms with E-state index in [-0.39, 0.29) is 30.2 Å². The second-order valence-electron chi connectivity index (χ2n) is 4.86. The van der Waals surface area contributed by atoms with Gasteiger partial charge in [0.1, 0.15) is 11.4 Å². The van der Waals surface area contributed by atoms with Gasteiger partial charge in [-0.3, -0.25) is 9.48 Å². The summed E-state index contributed by atoms with van der Waals surface area (Å²) in [5, 5.41) is 22.2. The molecular weight excluding hydrogens is 286 g/mol. The molecule has 9 heteroatoms. The van der Waals surface area contributed by atoms with Gasteiger partial charge in [-0.05, 0) is 20.3 Å². The highest BCUT2D eigenvalue weighted by Crippen LogP contribution is 2.26. The number of aliphatic hydroxyl groups excluding tert-OH is 1. The number of rotatable bonds is 4. The van der Waals surface area contributed by atoms with Crippen molar-refractivity contribution in [3.05, 3.63) is 11.4 Å². The highest BCUT2D eigenvalue weighted by molar-refractivity contribution is 7.89. The number of β-amino-alcohol motifs (C(OH)–C–C–N with tert-alkyl or cyclic N) is 1. The Bertz CT molecular complexity index is 637. The lowest BCUT2D eigenvalue weighted by atomic mass is 10.3. The first-order chi connectivity index (χ1) is 9.23. The summed E-state index contributed by atoms with van der Waals surface area (Å²) < 4.78 is 27.4. The van der Waals surface area contributed by atoms with Crippen LogP contribution in [0.3, 0.4) is 0 Å². The number of hydrogen-bond donors (Lipinski definition) is 2. The minimum atomic E-state index is -3.75. The lowest BCUT2D eigenvalue weighted by Gasteiger charge is -2.15. The molecule has 2 rings (SSSR count). The van der Waals surface area contributed by atoms with E-state index < -0.39 is 22.1 Å².